The molecule has 8 nitrogen and oxygen atoms in total. The number of hydrogen-bond donors (Lipinski definition) is 1. The maximum absolute atomic E-state index is 13.3. The second kappa shape index (κ2) is 9.57. The number of nitrogens with one attached hydrogen (secondary N) is 1. The largest absolute Gasteiger partial charge is 0.497 e. The van der Waals surface area contributed by atoms with E-state index in [0.717, 1.165) is 0 Å². The van der Waals surface area contributed by atoms with Crippen molar-refractivity contribution in [2.75, 3.05) is 27.9 Å². The van der Waals surface area contributed by atoms with Crippen LogP contribution >= 0.6 is 0 Å². The Morgan fingerprint density at radius 3 is 2.26 bits per heavy atom. The topological polar surface area (TPSA) is 104 Å². The molecule has 3 aromatic rings. The highest BCUT2D eigenvalue weighted by atomic mass is 32.2. The van der Waals surface area contributed by atoms with E-state index in [1.165, 1.54) is 45.8 Å². The second-order valence-corrected chi connectivity index (χ2v) is 8.63. The molecule has 0 radical (unpaired) electrons. The Bertz CT molecular complexity index is 1120. The van der Waals surface area contributed by atoms with Crippen molar-refractivity contribution in [3.8, 4) is 17.2 Å². The molecule has 0 aliphatic rings. The zero-order valence-electron chi connectivity index (χ0n) is 17.3. The van der Waals surface area contributed by atoms with E-state index in [-0.39, 0.29) is 17.2 Å². The van der Waals surface area contributed by atoms with Crippen LogP contribution in [0.3, 0.4) is 0 Å². The van der Waals surface area contributed by atoms with Gasteiger partial charge in [-0.1, -0.05) is 0 Å². The minimum absolute atomic E-state index is 0.0927. The fourth-order valence-corrected chi connectivity index (χ4v) is 4.62. The quantitative estimate of drug-likeness (QED) is 0.539. The second-order valence-electron chi connectivity index (χ2n) is 6.50. The van der Waals surface area contributed by atoms with Crippen LogP contribution in [0.5, 0.6) is 17.2 Å². The number of amides is 1. The molecule has 1 atom stereocenters. The first-order chi connectivity index (χ1) is 14.9. The van der Waals surface area contributed by atoms with E-state index >= 15 is 0 Å². The van der Waals surface area contributed by atoms with E-state index in [9.17, 15) is 13.2 Å². The van der Waals surface area contributed by atoms with E-state index in [1.54, 1.807) is 36.4 Å². The molecule has 1 aromatic heterocycles. The molecule has 1 N–H and O–H groups in total. The summed E-state index contributed by atoms with van der Waals surface area (Å²) in [4.78, 5) is 12.8. The predicted octanol–water partition coefficient (Wildman–Crippen LogP) is 3.25. The van der Waals surface area contributed by atoms with Crippen LogP contribution in [0.2, 0.25) is 0 Å². The Morgan fingerprint density at radius 1 is 0.968 bits per heavy atom. The van der Waals surface area contributed by atoms with E-state index < -0.39 is 21.0 Å². The zero-order chi connectivity index (χ0) is 22.4. The first kappa shape index (κ1) is 22.2. The van der Waals surface area contributed by atoms with E-state index in [0.29, 0.717) is 22.8 Å². The van der Waals surface area contributed by atoms with Crippen molar-refractivity contribution in [1.29, 1.82) is 0 Å². The number of carbonyl (C=O) groups is 1. The van der Waals surface area contributed by atoms with Crippen molar-refractivity contribution in [2.45, 2.75) is 10.1 Å². The summed E-state index contributed by atoms with van der Waals surface area (Å²) in [6.45, 7) is -0.185. The number of furan rings is 1. The summed E-state index contributed by atoms with van der Waals surface area (Å²) in [5.74, 6) is 1.18. The molecule has 1 unspecified atom stereocenters. The lowest BCUT2D eigenvalue weighted by Gasteiger charge is -2.17. The molecule has 164 valence electrons. The van der Waals surface area contributed by atoms with Crippen molar-refractivity contribution in [1.82, 2.24) is 5.32 Å². The summed E-state index contributed by atoms with van der Waals surface area (Å²) in [5.41, 5.74) is 0.303. The smallest absolute Gasteiger partial charge is 0.251 e. The molecule has 2 aromatic carbocycles. The van der Waals surface area contributed by atoms with Gasteiger partial charge in [-0.2, -0.15) is 0 Å². The van der Waals surface area contributed by atoms with Gasteiger partial charge in [0.05, 0.1) is 32.5 Å². The van der Waals surface area contributed by atoms with Gasteiger partial charge in [0.15, 0.2) is 21.3 Å². The van der Waals surface area contributed by atoms with Crippen molar-refractivity contribution in [2.24, 2.45) is 0 Å². The Hall–Kier alpha value is -3.46. The number of hydrogen-bond acceptors (Lipinski definition) is 7. The van der Waals surface area contributed by atoms with Crippen molar-refractivity contribution in [3.63, 3.8) is 0 Å². The van der Waals surface area contributed by atoms with E-state index in [1.807, 2.05) is 0 Å². The number of sulfone groups is 1. The SMILES string of the molecule is COc1ccc(S(=O)(=O)C(CNC(=O)c2ccc(OC)c(OC)c2)c2ccco2)cc1. The molecule has 0 aliphatic carbocycles. The molecule has 0 aliphatic heterocycles. The van der Waals surface area contributed by atoms with Crippen LogP contribution in [0.25, 0.3) is 0 Å². The molecule has 0 spiro atoms. The number of rotatable bonds is 9. The van der Waals surface area contributed by atoms with Crippen LogP contribution in [0.4, 0.5) is 0 Å². The molecule has 9 heteroatoms. The minimum atomic E-state index is -3.86. The third-order valence-electron chi connectivity index (χ3n) is 4.72. The van der Waals surface area contributed by atoms with Crippen molar-refractivity contribution in [3.05, 3.63) is 72.2 Å². The molecule has 0 saturated heterocycles. The third-order valence-corrected chi connectivity index (χ3v) is 6.79. The normalized spacial score (nSPS) is 12.1. The van der Waals surface area contributed by atoms with Gasteiger partial charge in [0.2, 0.25) is 0 Å². The van der Waals surface area contributed by atoms with Crippen molar-refractivity contribution >= 4 is 15.7 Å². The lowest BCUT2D eigenvalue weighted by Crippen LogP contribution is -2.31. The molecule has 1 amide bonds. The van der Waals surface area contributed by atoms with Crippen LogP contribution in [0, 0.1) is 0 Å². The number of methoxy groups -OCH3 is 3. The van der Waals surface area contributed by atoms with Crippen LogP contribution in [-0.4, -0.2) is 42.2 Å². The Labute approximate surface area is 180 Å². The maximum atomic E-state index is 13.3. The third kappa shape index (κ3) is 4.83. The summed E-state index contributed by atoms with van der Waals surface area (Å²) in [6.07, 6.45) is 1.39. The lowest BCUT2D eigenvalue weighted by molar-refractivity contribution is 0.0953. The van der Waals surface area contributed by atoms with Gasteiger partial charge in [0.1, 0.15) is 16.8 Å². The van der Waals surface area contributed by atoms with Crippen LogP contribution < -0.4 is 19.5 Å². The molecule has 3 rings (SSSR count). The molecular formula is C22H23NO7S. The van der Waals surface area contributed by atoms with Gasteiger partial charge in [-0.3, -0.25) is 4.79 Å². The number of benzene rings is 2. The maximum Gasteiger partial charge on any atom is 0.251 e. The first-order valence-electron chi connectivity index (χ1n) is 9.32. The Balaban J connectivity index is 1.85. The highest BCUT2D eigenvalue weighted by molar-refractivity contribution is 7.91. The molecule has 0 fully saturated rings. The fourth-order valence-electron chi connectivity index (χ4n) is 3.03. The minimum Gasteiger partial charge on any atom is -0.497 e. The highest BCUT2D eigenvalue weighted by Gasteiger charge is 2.32. The standard InChI is InChI=1S/C22H23NO7S/c1-27-16-7-9-17(10-8-16)31(25,26)21(19-5-4-12-30-19)14-23-22(24)15-6-11-18(28-2)20(13-15)29-3/h4-13,21H,14H2,1-3H3,(H,23,24). The first-order valence-corrected chi connectivity index (χ1v) is 10.9. The molecule has 1 heterocycles. The van der Waals surface area contributed by atoms with Gasteiger partial charge in [0.25, 0.3) is 5.91 Å². The molecular weight excluding hydrogens is 422 g/mol. The monoisotopic (exact) mass is 445 g/mol. The lowest BCUT2D eigenvalue weighted by atomic mass is 10.2. The fraction of sp³-hybridized carbons (Fsp3) is 0.227. The van der Waals surface area contributed by atoms with E-state index in [4.69, 9.17) is 18.6 Å². The summed E-state index contributed by atoms with van der Waals surface area (Å²) >= 11 is 0. The summed E-state index contributed by atoms with van der Waals surface area (Å²) < 4.78 is 47.4. The van der Waals surface area contributed by atoms with Crippen molar-refractivity contribution < 1.29 is 31.8 Å². The summed E-state index contributed by atoms with van der Waals surface area (Å²) in [7, 11) is 0.602. The van der Waals surface area contributed by atoms with Gasteiger partial charge in [-0.25, -0.2) is 8.42 Å². The Morgan fingerprint density at radius 2 is 1.68 bits per heavy atom. The van der Waals surface area contributed by atoms with Gasteiger partial charge in [-0.05, 0) is 54.6 Å². The van der Waals surface area contributed by atoms with Crippen LogP contribution in [0.15, 0.2) is 70.2 Å². The highest BCUT2D eigenvalue weighted by Crippen LogP contribution is 2.31. The summed E-state index contributed by atoms with van der Waals surface area (Å²) in [5, 5.41) is 1.56. The average molecular weight is 445 g/mol. The number of ether oxygens (including phenoxy) is 3. The Kier molecular flexibility index (Phi) is 6.86. The molecule has 0 saturated carbocycles. The van der Waals surface area contributed by atoms with Crippen LogP contribution in [0.1, 0.15) is 21.4 Å². The van der Waals surface area contributed by atoms with Gasteiger partial charge < -0.3 is 23.9 Å². The predicted molar refractivity (Wildman–Crippen MR) is 114 cm³/mol. The number of carbonyl (C=O) groups excluding carboxylic acids is 1. The van der Waals surface area contributed by atoms with Gasteiger partial charge in [-0.15, -0.1) is 0 Å². The van der Waals surface area contributed by atoms with E-state index in [2.05, 4.69) is 5.32 Å². The average Bonchev–Trinajstić information content (AvgIpc) is 3.32. The zero-order valence-corrected chi connectivity index (χ0v) is 18.1. The van der Waals surface area contributed by atoms with Crippen LogP contribution in [-0.2, 0) is 9.84 Å². The van der Waals surface area contributed by atoms with Gasteiger partial charge >= 0.3 is 0 Å². The van der Waals surface area contributed by atoms with Gasteiger partial charge in [0, 0.05) is 12.1 Å². The summed E-state index contributed by atoms with van der Waals surface area (Å²) in [6, 6.07) is 13.9. The molecule has 31 heavy (non-hydrogen) atoms. The molecule has 0 bridgehead atoms.